The van der Waals surface area contributed by atoms with Gasteiger partial charge >= 0.3 is 12.2 Å². The van der Waals surface area contributed by atoms with Crippen LogP contribution in [0.2, 0.25) is 0 Å². The lowest BCUT2D eigenvalue weighted by Gasteiger charge is -2.30. The maximum atomic E-state index is 12.7. The van der Waals surface area contributed by atoms with Gasteiger partial charge in [-0.1, -0.05) is 19.1 Å². The van der Waals surface area contributed by atoms with E-state index < -0.39 is 18.8 Å². The molecule has 3 rings (SSSR count). The van der Waals surface area contributed by atoms with Crippen molar-refractivity contribution < 1.29 is 27.5 Å². The van der Waals surface area contributed by atoms with Crippen LogP contribution in [-0.2, 0) is 6.54 Å². The molecule has 6 nitrogen and oxygen atoms in total. The van der Waals surface area contributed by atoms with E-state index in [-0.39, 0.29) is 18.2 Å². The summed E-state index contributed by atoms with van der Waals surface area (Å²) in [6, 6.07) is 10.8. The van der Waals surface area contributed by atoms with Gasteiger partial charge in [-0.25, -0.2) is 4.79 Å². The Kier molecular flexibility index (Phi) is 7.84. The van der Waals surface area contributed by atoms with E-state index in [1.165, 1.54) is 12.1 Å². The Bertz CT molecular complexity index is 986. The van der Waals surface area contributed by atoms with Crippen molar-refractivity contribution in [3.63, 3.8) is 0 Å². The first-order chi connectivity index (χ1) is 15.6. The van der Waals surface area contributed by atoms with E-state index in [1.807, 2.05) is 11.8 Å². The highest BCUT2D eigenvalue weighted by molar-refractivity contribution is 5.96. The predicted octanol–water partition coefficient (Wildman–Crippen LogP) is 5.13. The monoisotopic (exact) mass is 463 g/mol. The molecule has 0 unspecified atom stereocenters. The number of carbonyl (C=O) groups excluding carboxylic acids is 2. The second kappa shape index (κ2) is 10.6. The lowest BCUT2D eigenvalue weighted by molar-refractivity contribution is -0.153. The minimum absolute atomic E-state index is 0.00590. The van der Waals surface area contributed by atoms with Crippen molar-refractivity contribution in [3.05, 3.63) is 59.2 Å². The van der Waals surface area contributed by atoms with E-state index in [9.17, 15) is 22.8 Å². The number of nitrogens with one attached hydrogen (secondary N) is 2. The van der Waals surface area contributed by atoms with Gasteiger partial charge in [0.05, 0.1) is 0 Å². The molecule has 0 aliphatic carbocycles. The number of hydrogen-bond acceptors (Lipinski definition) is 3. The molecule has 0 radical (unpaired) electrons. The third-order valence-electron chi connectivity index (χ3n) is 5.55. The largest absolute Gasteiger partial charge is 0.484 e. The minimum Gasteiger partial charge on any atom is -0.484 e. The number of likely N-dealkylation sites (tertiary alicyclic amines) is 1. The third-order valence-corrected chi connectivity index (χ3v) is 5.55. The molecule has 0 aromatic heterocycles. The molecule has 0 saturated carbocycles. The Morgan fingerprint density at radius 2 is 1.85 bits per heavy atom. The molecule has 3 amide bonds. The van der Waals surface area contributed by atoms with Gasteiger partial charge in [0.15, 0.2) is 6.61 Å². The molecule has 1 saturated heterocycles. The van der Waals surface area contributed by atoms with Crippen LogP contribution in [0.15, 0.2) is 42.5 Å². The number of ether oxygens (including phenoxy) is 1. The number of piperidine rings is 1. The van der Waals surface area contributed by atoms with Crippen LogP contribution in [0.3, 0.4) is 0 Å². The van der Waals surface area contributed by atoms with Gasteiger partial charge in [-0.15, -0.1) is 0 Å². The zero-order valence-electron chi connectivity index (χ0n) is 18.7. The molecule has 1 heterocycles. The molecule has 178 valence electrons. The number of anilines is 1. The topological polar surface area (TPSA) is 70.7 Å². The lowest BCUT2D eigenvalue weighted by Crippen LogP contribution is -2.37. The Morgan fingerprint density at radius 3 is 2.52 bits per heavy atom. The van der Waals surface area contributed by atoms with Crippen LogP contribution < -0.4 is 15.4 Å². The predicted molar refractivity (Wildman–Crippen MR) is 119 cm³/mol. The van der Waals surface area contributed by atoms with E-state index >= 15 is 0 Å². The number of benzene rings is 2. The molecule has 2 aromatic rings. The molecule has 33 heavy (non-hydrogen) atoms. The van der Waals surface area contributed by atoms with Crippen molar-refractivity contribution >= 4 is 17.6 Å². The van der Waals surface area contributed by atoms with E-state index in [2.05, 4.69) is 17.6 Å². The molecule has 1 aliphatic heterocycles. The number of nitrogens with zero attached hydrogens (tertiary/aromatic N) is 1. The van der Waals surface area contributed by atoms with Crippen molar-refractivity contribution in [1.29, 1.82) is 0 Å². The maximum absolute atomic E-state index is 12.7. The number of urea groups is 1. The highest BCUT2D eigenvalue weighted by Gasteiger charge is 2.28. The first-order valence-electron chi connectivity index (χ1n) is 10.8. The summed E-state index contributed by atoms with van der Waals surface area (Å²) in [5.74, 6) is 0.704. The molecule has 2 aromatic carbocycles. The molecule has 0 atom stereocenters. The van der Waals surface area contributed by atoms with Crippen molar-refractivity contribution in [2.75, 3.05) is 25.0 Å². The fourth-order valence-corrected chi connectivity index (χ4v) is 3.59. The number of amides is 3. The van der Waals surface area contributed by atoms with Crippen molar-refractivity contribution in [2.45, 2.75) is 39.4 Å². The van der Waals surface area contributed by atoms with E-state index in [0.717, 1.165) is 31.5 Å². The maximum Gasteiger partial charge on any atom is 0.422 e. The molecular formula is C24H28F3N3O3. The zero-order valence-corrected chi connectivity index (χ0v) is 18.7. The van der Waals surface area contributed by atoms with Crippen LogP contribution in [-0.4, -0.2) is 42.7 Å². The average Bonchev–Trinajstić information content (AvgIpc) is 2.77. The first kappa shape index (κ1) is 24.4. The van der Waals surface area contributed by atoms with Gasteiger partial charge < -0.3 is 20.3 Å². The Morgan fingerprint density at radius 1 is 1.12 bits per heavy atom. The van der Waals surface area contributed by atoms with Crippen molar-refractivity contribution in [3.8, 4) is 5.75 Å². The second-order valence-electron chi connectivity index (χ2n) is 8.36. The number of halogens is 3. The number of rotatable bonds is 6. The van der Waals surface area contributed by atoms with Gasteiger partial charge in [0.2, 0.25) is 0 Å². The molecular weight excluding hydrogens is 435 g/mol. The van der Waals surface area contributed by atoms with Crippen LogP contribution in [0.4, 0.5) is 23.7 Å². The average molecular weight is 464 g/mol. The van der Waals surface area contributed by atoms with Crippen LogP contribution in [0.5, 0.6) is 5.75 Å². The van der Waals surface area contributed by atoms with E-state index in [1.54, 1.807) is 30.3 Å². The SMILES string of the molecule is Cc1cc(C(=O)N2CCC(C)CC2)ccc1NC(=O)NCc1cccc(OCC(F)(F)F)c1. The van der Waals surface area contributed by atoms with Gasteiger partial charge in [-0.05, 0) is 67.1 Å². The quantitative estimate of drug-likeness (QED) is 0.624. The molecule has 1 aliphatic rings. The standard InChI is InChI=1S/C24H28F3N3O3/c1-16-8-10-30(11-9-16)22(31)19-6-7-21(17(2)12-19)29-23(32)28-14-18-4-3-5-20(13-18)33-15-24(25,26)27/h3-7,12-13,16H,8-11,14-15H2,1-2H3,(H2,28,29,32). The number of hydrogen-bond donors (Lipinski definition) is 2. The van der Waals surface area contributed by atoms with E-state index in [4.69, 9.17) is 4.74 Å². The molecule has 0 bridgehead atoms. The van der Waals surface area contributed by atoms with Gasteiger partial charge in [-0.2, -0.15) is 13.2 Å². The molecule has 2 N–H and O–H groups in total. The summed E-state index contributed by atoms with van der Waals surface area (Å²) in [5.41, 5.74) is 2.50. The smallest absolute Gasteiger partial charge is 0.422 e. The number of alkyl halides is 3. The van der Waals surface area contributed by atoms with Crippen molar-refractivity contribution in [1.82, 2.24) is 10.2 Å². The highest BCUT2D eigenvalue weighted by atomic mass is 19.4. The van der Waals surface area contributed by atoms with Crippen LogP contribution in [0, 0.1) is 12.8 Å². The zero-order chi connectivity index (χ0) is 24.0. The van der Waals surface area contributed by atoms with Crippen molar-refractivity contribution in [2.24, 2.45) is 5.92 Å². The first-order valence-corrected chi connectivity index (χ1v) is 10.8. The summed E-state index contributed by atoms with van der Waals surface area (Å²) in [7, 11) is 0. The van der Waals surface area contributed by atoms with Gasteiger partial charge in [-0.3, -0.25) is 4.79 Å². The summed E-state index contributed by atoms with van der Waals surface area (Å²) in [6.45, 7) is 4.24. The van der Waals surface area contributed by atoms with Gasteiger partial charge in [0, 0.05) is 30.9 Å². The Labute approximate surface area is 191 Å². The summed E-state index contributed by atoms with van der Waals surface area (Å²) in [6.07, 6.45) is -2.41. The highest BCUT2D eigenvalue weighted by Crippen LogP contribution is 2.22. The molecule has 0 spiro atoms. The normalized spacial score (nSPS) is 14.6. The van der Waals surface area contributed by atoms with Crippen LogP contribution in [0.1, 0.15) is 41.3 Å². The molecule has 9 heteroatoms. The summed E-state index contributed by atoms with van der Waals surface area (Å²) in [5, 5.41) is 5.40. The molecule has 1 fully saturated rings. The van der Waals surface area contributed by atoms with E-state index in [0.29, 0.717) is 22.7 Å². The second-order valence-corrected chi connectivity index (χ2v) is 8.36. The number of carbonyl (C=O) groups is 2. The lowest BCUT2D eigenvalue weighted by atomic mass is 9.98. The summed E-state index contributed by atoms with van der Waals surface area (Å²) in [4.78, 5) is 26.9. The van der Waals surface area contributed by atoms with Gasteiger partial charge in [0.25, 0.3) is 5.91 Å². The third kappa shape index (κ3) is 7.40. The van der Waals surface area contributed by atoms with Crippen LogP contribution in [0.25, 0.3) is 0 Å². The minimum atomic E-state index is -4.42. The number of aryl methyl sites for hydroxylation is 1. The fraction of sp³-hybridized carbons (Fsp3) is 0.417. The Hall–Kier alpha value is -3.23. The Balaban J connectivity index is 1.53. The van der Waals surface area contributed by atoms with Gasteiger partial charge in [0.1, 0.15) is 5.75 Å². The van der Waals surface area contributed by atoms with Crippen LogP contribution >= 0.6 is 0 Å². The fourth-order valence-electron chi connectivity index (χ4n) is 3.59. The summed E-state index contributed by atoms with van der Waals surface area (Å²) < 4.78 is 41.6. The summed E-state index contributed by atoms with van der Waals surface area (Å²) >= 11 is 0.